The van der Waals surface area contributed by atoms with E-state index in [9.17, 15) is 0 Å². The van der Waals surface area contributed by atoms with Gasteiger partial charge in [0, 0.05) is 45.0 Å². The van der Waals surface area contributed by atoms with E-state index in [2.05, 4.69) is 61.9 Å². The first-order chi connectivity index (χ1) is 14.7. The van der Waals surface area contributed by atoms with E-state index in [4.69, 9.17) is 0 Å². The zero-order valence-corrected chi connectivity index (χ0v) is 17.9. The largest absolute Gasteiger partial charge is 0.372 e. The smallest absolute Gasteiger partial charge is 0.191 e. The molecule has 1 fully saturated rings. The van der Waals surface area contributed by atoms with Crippen LogP contribution < -0.4 is 15.5 Å². The second-order valence-electron chi connectivity index (χ2n) is 7.80. The van der Waals surface area contributed by atoms with Crippen molar-refractivity contribution < 1.29 is 0 Å². The highest BCUT2D eigenvalue weighted by atomic mass is 15.2. The van der Waals surface area contributed by atoms with Gasteiger partial charge in [-0.15, -0.1) is 10.2 Å². The van der Waals surface area contributed by atoms with Crippen LogP contribution in [-0.2, 0) is 6.42 Å². The van der Waals surface area contributed by atoms with Crippen LogP contribution in [0.3, 0.4) is 0 Å². The normalized spacial score (nSPS) is 15.5. The Morgan fingerprint density at radius 2 is 2.00 bits per heavy atom. The lowest BCUT2D eigenvalue weighted by atomic mass is 10.1. The SMILES string of the molecule is CN=C(NCCCc1nnc2ccccn12)NC(C)c1cccc(N2CCCC2)c1. The molecule has 0 spiro atoms. The van der Waals surface area contributed by atoms with Gasteiger partial charge in [-0.25, -0.2) is 0 Å². The Morgan fingerprint density at radius 3 is 2.83 bits per heavy atom. The topological polar surface area (TPSA) is 69.8 Å². The number of aryl methyl sites for hydroxylation is 1. The van der Waals surface area contributed by atoms with Crippen molar-refractivity contribution in [1.82, 2.24) is 25.2 Å². The third-order valence-corrected chi connectivity index (χ3v) is 5.67. The van der Waals surface area contributed by atoms with Crippen molar-refractivity contribution in [2.24, 2.45) is 4.99 Å². The van der Waals surface area contributed by atoms with Gasteiger partial charge in [0.25, 0.3) is 0 Å². The summed E-state index contributed by atoms with van der Waals surface area (Å²) in [6, 6.07) is 15.0. The highest BCUT2D eigenvalue weighted by Crippen LogP contribution is 2.23. The molecule has 1 unspecified atom stereocenters. The first kappa shape index (κ1) is 20.2. The number of guanidine groups is 1. The molecule has 0 radical (unpaired) electrons. The molecule has 0 aliphatic carbocycles. The van der Waals surface area contributed by atoms with Crippen LogP contribution in [-0.4, -0.2) is 47.2 Å². The van der Waals surface area contributed by atoms with Crippen LogP contribution in [0.1, 0.15) is 43.6 Å². The lowest BCUT2D eigenvalue weighted by molar-refractivity contribution is 0.667. The van der Waals surface area contributed by atoms with Crippen molar-refractivity contribution >= 4 is 17.3 Å². The van der Waals surface area contributed by atoms with E-state index in [1.807, 2.05) is 35.8 Å². The van der Waals surface area contributed by atoms with E-state index in [0.717, 1.165) is 49.9 Å². The monoisotopic (exact) mass is 405 g/mol. The Balaban J connectivity index is 1.27. The van der Waals surface area contributed by atoms with Gasteiger partial charge in [0.2, 0.25) is 0 Å². The zero-order valence-electron chi connectivity index (χ0n) is 17.9. The molecule has 1 aliphatic rings. The van der Waals surface area contributed by atoms with Crippen LogP contribution in [0.5, 0.6) is 0 Å². The summed E-state index contributed by atoms with van der Waals surface area (Å²) in [5, 5.41) is 15.4. The standard InChI is InChI=1S/C23H31N7/c1-18(19-9-7-10-20(17-19)29-14-5-6-15-29)26-23(24-2)25-13-8-12-22-28-27-21-11-3-4-16-30(21)22/h3-4,7,9-11,16-18H,5-6,8,12-15H2,1-2H3,(H2,24,25,26). The van der Waals surface area contributed by atoms with Crippen molar-refractivity contribution in [3.8, 4) is 0 Å². The molecular formula is C23H31N7. The minimum absolute atomic E-state index is 0.180. The predicted octanol–water partition coefficient (Wildman–Crippen LogP) is 3.19. The fourth-order valence-corrected chi connectivity index (χ4v) is 3.96. The van der Waals surface area contributed by atoms with Gasteiger partial charge in [-0.2, -0.15) is 0 Å². The minimum Gasteiger partial charge on any atom is -0.372 e. The zero-order chi connectivity index (χ0) is 20.8. The molecule has 1 atom stereocenters. The Kier molecular flexibility index (Phi) is 6.47. The van der Waals surface area contributed by atoms with E-state index < -0.39 is 0 Å². The summed E-state index contributed by atoms with van der Waals surface area (Å²) in [6.45, 7) is 5.33. The predicted molar refractivity (Wildman–Crippen MR) is 122 cm³/mol. The van der Waals surface area contributed by atoms with E-state index in [-0.39, 0.29) is 6.04 Å². The Hall–Kier alpha value is -3.09. The Labute approximate surface area is 178 Å². The molecule has 1 aliphatic heterocycles. The van der Waals surface area contributed by atoms with Crippen molar-refractivity contribution in [2.45, 2.75) is 38.6 Å². The number of benzene rings is 1. The fourth-order valence-electron chi connectivity index (χ4n) is 3.96. The third kappa shape index (κ3) is 4.72. The van der Waals surface area contributed by atoms with Crippen molar-refractivity contribution in [2.75, 3.05) is 31.6 Å². The first-order valence-corrected chi connectivity index (χ1v) is 10.9. The number of hydrogen-bond donors (Lipinski definition) is 2. The summed E-state index contributed by atoms with van der Waals surface area (Å²) in [5.41, 5.74) is 3.49. The van der Waals surface area contributed by atoms with Crippen LogP contribution in [0, 0.1) is 0 Å². The molecule has 2 N–H and O–H groups in total. The average Bonchev–Trinajstić information content (AvgIpc) is 3.46. The molecule has 3 aromatic rings. The van der Waals surface area contributed by atoms with Gasteiger partial charge >= 0.3 is 0 Å². The molecule has 30 heavy (non-hydrogen) atoms. The number of aromatic nitrogens is 3. The van der Waals surface area contributed by atoms with Crippen LogP contribution >= 0.6 is 0 Å². The summed E-state index contributed by atoms with van der Waals surface area (Å²) in [6.07, 6.45) is 6.41. The van der Waals surface area contributed by atoms with Gasteiger partial charge in [-0.1, -0.05) is 18.2 Å². The maximum Gasteiger partial charge on any atom is 0.191 e. The maximum atomic E-state index is 4.39. The van der Waals surface area contributed by atoms with Gasteiger partial charge in [0.05, 0.1) is 6.04 Å². The highest BCUT2D eigenvalue weighted by molar-refractivity contribution is 5.80. The molecule has 4 rings (SSSR count). The van der Waals surface area contributed by atoms with Crippen LogP contribution in [0.4, 0.5) is 5.69 Å². The summed E-state index contributed by atoms with van der Waals surface area (Å²) in [7, 11) is 1.81. The average molecular weight is 406 g/mol. The summed E-state index contributed by atoms with van der Waals surface area (Å²) < 4.78 is 2.04. The van der Waals surface area contributed by atoms with Crippen LogP contribution in [0.2, 0.25) is 0 Å². The van der Waals surface area contributed by atoms with Gasteiger partial charge in [0.15, 0.2) is 11.6 Å². The number of fused-ring (bicyclic) bond motifs is 1. The minimum atomic E-state index is 0.180. The molecule has 7 nitrogen and oxygen atoms in total. The van der Waals surface area contributed by atoms with E-state index in [0.29, 0.717) is 0 Å². The Morgan fingerprint density at radius 1 is 1.13 bits per heavy atom. The van der Waals surface area contributed by atoms with E-state index >= 15 is 0 Å². The van der Waals surface area contributed by atoms with Crippen molar-refractivity contribution in [3.05, 3.63) is 60.0 Å². The number of aliphatic imine (C=N–C) groups is 1. The number of nitrogens with zero attached hydrogens (tertiary/aromatic N) is 5. The lowest BCUT2D eigenvalue weighted by Crippen LogP contribution is -2.39. The van der Waals surface area contributed by atoms with Gasteiger partial charge < -0.3 is 15.5 Å². The number of pyridine rings is 1. The molecule has 1 saturated heterocycles. The summed E-state index contributed by atoms with van der Waals surface area (Å²) in [5.74, 6) is 1.81. The second-order valence-corrected chi connectivity index (χ2v) is 7.80. The third-order valence-electron chi connectivity index (χ3n) is 5.67. The molecular weight excluding hydrogens is 374 g/mol. The quantitative estimate of drug-likeness (QED) is 0.359. The van der Waals surface area contributed by atoms with Crippen LogP contribution in [0.15, 0.2) is 53.7 Å². The van der Waals surface area contributed by atoms with Crippen LogP contribution in [0.25, 0.3) is 5.65 Å². The molecule has 1 aromatic carbocycles. The van der Waals surface area contributed by atoms with Gasteiger partial charge in [0.1, 0.15) is 5.82 Å². The molecule has 0 saturated carbocycles. The number of anilines is 1. The molecule has 2 aromatic heterocycles. The first-order valence-electron chi connectivity index (χ1n) is 10.9. The lowest BCUT2D eigenvalue weighted by Gasteiger charge is -2.22. The molecule has 158 valence electrons. The highest BCUT2D eigenvalue weighted by Gasteiger charge is 2.14. The number of nitrogens with one attached hydrogen (secondary N) is 2. The number of rotatable bonds is 7. The summed E-state index contributed by atoms with van der Waals surface area (Å²) >= 11 is 0. The van der Waals surface area contributed by atoms with E-state index in [1.54, 1.807) is 0 Å². The van der Waals surface area contributed by atoms with Crippen molar-refractivity contribution in [3.63, 3.8) is 0 Å². The molecule has 0 amide bonds. The van der Waals surface area contributed by atoms with Gasteiger partial charge in [-0.05, 0) is 56.0 Å². The second kappa shape index (κ2) is 9.61. The molecule has 3 heterocycles. The van der Waals surface area contributed by atoms with Crippen molar-refractivity contribution in [1.29, 1.82) is 0 Å². The number of hydrogen-bond acceptors (Lipinski definition) is 4. The van der Waals surface area contributed by atoms with E-state index in [1.165, 1.54) is 24.1 Å². The molecule has 0 bridgehead atoms. The Bertz CT molecular complexity index is 988. The maximum absolute atomic E-state index is 4.39. The van der Waals surface area contributed by atoms with Gasteiger partial charge in [-0.3, -0.25) is 9.39 Å². The summed E-state index contributed by atoms with van der Waals surface area (Å²) in [4.78, 5) is 6.86. The fraction of sp³-hybridized carbons (Fsp3) is 0.435. The molecule has 7 heteroatoms.